The van der Waals surface area contributed by atoms with E-state index in [-0.39, 0.29) is 5.69 Å². The summed E-state index contributed by atoms with van der Waals surface area (Å²) in [5.41, 5.74) is 1.71. The van der Waals surface area contributed by atoms with Crippen molar-refractivity contribution in [1.82, 2.24) is 4.98 Å². The number of amides is 1. The van der Waals surface area contributed by atoms with Crippen LogP contribution in [0, 0.1) is 17.0 Å². The van der Waals surface area contributed by atoms with Crippen LogP contribution in [-0.2, 0) is 0 Å². The number of non-ortho nitro benzene ring substituents is 1. The van der Waals surface area contributed by atoms with Crippen molar-refractivity contribution < 1.29 is 9.72 Å². The maximum Gasteiger partial charge on any atom is 0.270 e. The number of carbonyl (C=O) groups is 1. The van der Waals surface area contributed by atoms with Gasteiger partial charge in [0.25, 0.3) is 11.6 Å². The highest BCUT2D eigenvalue weighted by molar-refractivity contribution is 6.08. The lowest BCUT2D eigenvalue weighted by Crippen LogP contribution is -2.23. The van der Waals surface area contributed by atoms with Crippen LogP contribution in [0.2, 0.25) is 0 Å². The van der Waals surface area contributed by atoms with Gasteiger partial charge < -0.3 is 10.2 Å². The van der Waals surface area contributed by atoms with Crippen molar-refractivity contribution in [2.75, 3.05) is 23.3 Å². The van der Waals surface area contributed by atoms with Gasteiger partial charge in [-0.1, -0.05) is 6.07 Å². The molecule has 7 nitrogen and oxygen atoms in total. The van der Waals surface area contributed by atoms with Crippen molar-refractivity contribution in [3.63, 3.8) is 0 Å². The molecule has 124 valence electrons. The Morgan fingerprint density at radius 1 is 1.25 bits per heavy atom. The molecular weight excluding hydrogens is 308 g/mol. The van der Waals surface area contributed by atoms with Crippen molar-refractivity contribution in [1.29, 1.82) is 0 Å². The second-order valence-electron chi connectivity index (χ2n) is 5.77. The lowest BCUT2D eigenvalue weighted by atomic mass is 10.1. The fourth-order valence-corrected chi connectivity index (χ4v) is 2.85. The number of nitro groups is 1. The zero-order chi connectivity index (χ0) is 17.1. The van der Waals surface area contributed by atoms with Gasteiger partial charge in [-0.3, -0.25) is 14.9 Å². The van der Waals surface area contributed by atoms with Crippen molar-refractivity contribution >= 4 is 23.1 Å². The number of hydrogen-bond acceptors (Lipinski definition) is 5. The molecule has 1 aliphatic rings. The number of aromatic nitrogens is 1. The highest BCUT2D eigenvalue weighted by Gasteiger charge is 2.22. The van der Waals surface area contributed by atoms with Gasteiger partial charge in [0, 0.05) is 30.9 Å². The molecule has 1 fully saturated rings. The number of anilines is 2. The molecule has 2 heterocycles. The predicted molar refractivity (Wildman–Crippen MR) is 91.5 cm³/mol. The van der Waals surface area contributed by atoms with Gasteiger partial charge in [0.05, 0.1) is 16.2 Å². The van der Waals surface area contributed by atoms with Gasteiger partial charge in [0.15, 0.2) is 0 Å². The van der Waals surface area contributed by atoms with Crippen LogP contribution in [0.15, 0.2) is 36.4 Å². The molecule has 0 radical (unpaired) electrons. The molecule has 0 atom stereocenters. The summed E-state index contributed by atoms with van der Waals surface area (Å²) in [7, 11) is 0. The first-order valence-corrected chi connectivity index (χ1v) is 7.83. The first-order valence-electron chi connectivity index (χ1n) is 7.83. The smallest absolute Gasteiger partial charge is 0.270 e. The van der Waals surface area contributed by atoms with E-state index < -0.39 is 10.8 Å². The Bertz CT molecular complexity index is 785. The first-order chi connectivity index (χ1) is 11.5. The molecule has 3 rings (SSSR count). The van der Waals surface area contributed by atoms with Crippen molar-refractivity contribution in [3.8, 4) is 0 Å². The molecule has 24 heavy (non-hydrogen) atoms. The molecule has 0 spiro atoms. The van der Waals surface area contributed by atoms with Gasteiger partial charge in [0.2, 0.25) is 0 Å². The van der Waals surface area contributed by atoms with Crippen LogP contribution in [0.1, 0.15) is 28.9 Å². The zero-order valence-electron chi connectivity index (χ0n) is 13.4. The summed E-state index contributed by atoms with van der Waals surface area (Å²) in [6.07, 6.45) is 2.11. The Morgan fingerprint density at radius 3 is 2.67 bits per heavy atom. The number of aryl methyl sites for hydroxylation is 1. The van der Waals surface area contributed by atoms with E-state index >= 15 is 0 Å². The number of rotatable bonds is 4. The average Bonchev–Trinajstić information content (AvgIpc) is 3.08. The van der Waals surface area contributed by atoms with E-state index in [1.54, 1.807) is 18.2 Å². The zero-order valence-corrected chi connectivity index (χ0v) is 13.4. The van der Waals surface area contributed by atoms with Crippen LogP contribution >= 0.6 is 0 Å². The molecule has 0 aliphatic carbocycles. The van der Waals surface area contributed by atoms with Crippen LogP contribution in [-0.4, -0.2) is 28.9 Å². The summed E-state index contributed by atoms with van der Waals surface area (Å²) in [4.78, 5) is 29.6. The Kier molecular flexibility index (Phi) is 4.41. The quantitative estimate of drug-likeness (QED) is 0.689. The van der Waals surface area contributed by atoms with Crippen LogP contribution in [0.25, 0.3) is 0 Å². The SMILES string of the molecule is Cc1cccc(NC(=O)c2cc([N+](=O)[O-])ccc2N2CCCC2)n1. The van der Waals surface area contributed by atoms with Crippen LogP contribution < -0.4 is 10.2 Å². The second-order valence-corrected chi connectivity index (χ2v) is 5.77. The predicted octanol–water partition coefficient (Wildman–Crippen LogP) is 3.15. The van der Waals surface area contributed by atoms with Gasteiger partial charge in [-0.15, -0.1) is 0 Å². The molecule has 0 saturated carbocycles. The maximum absolute atomic E-state index is 12.7. The van der Waals surface area contributed by atoms with E-state index in [0.717, 1.165) is 37.3 Å². The van der Waals surface area contributed by atoms with Gasteiger partial charge in [-0.2, -0.15) is 0 Å². The molecule has 2 aromatic rings. The largest absolute Gasteiger partial charge is 0.371 e. The highest BCUT2D eigenvalue weighted by Crippen LogP contribution is 2.29. The third-order valence-electron chi connectivity index (χ3n) is 4.01. The summed E-state index contributed by atoms with van der Waals surface area (Å²) < 4.78 is 0. The fourth-order valence-electron chi connectivity index (χ4n) is 2.85. The van der Waals surface area contributed by atoms with Gasteiger partial charge in [-0.25, -0.2) is 4.98 Å². The van der Waals surface area contributed by atoms with Crippen molar-refractivity contribution in [2.45, 2.75) is 19.8 Å². The normalized spacial score (nSPS) is 13.8. The molecule has 1 N–H and O–H groups in total. The minimum atomic E-state index is -0.491. The molecule has 1 aliphatic heterocycles. The molecular formula is C17H18N4O3. The minimum absolute atomic E-state index is 0.0969. The molecule has 7 heteroatoms. The second kappa shape index (κ2) is 6.66. The van der Waals surface area contributed by atoms with Crippen LogP contribution in [0.4, 0.5) is 17.2 Å². The van der Waals surface area contributed by atoms with E-state index in [1.165, 1.54) is 12.1 Å². The standard InChI is InChI=1S/C17H18N4O3/c1-12-5-4-6-16(18-12)19-17(22)14-11-13(21(23)24)7-8-15(14)20-9-2-3-10-20/h4-8,11H,2-3,9-10H2,1H3,(H,18,19,22). The lowest BCUT2D eigenvalue weighted by Gasteiger charge is -2.20. The maximum atomic E-state index is 12.7. The van der Waals surface area contributed by atoms with Crippen LogP contribution in [0.3, 0.4) is 0 Å². The minimum Gasteiger partial charge on any atom is -0.371 e. The van der Waals surface area contributed by atoms with E-state index in [0.29, 0.717) is 11.4 Å². The van der Waals surface area contributed by atoms with Gasteiger partial charge >= 0.3 is 0 Å². The van der Waals surface area contributed by atoms with E-state index in [9.17, 15) is 14.9 Å². The number of hydrogen-bond donors (Lipinski definition) is 1. The monoisotopic (exact) mass is 326 g/mol. The first kappa shape index (κ1) is 15.9. The molecule has 0 unspecified atom stereocenters. The third-order valence-corrected chi connectivity index (χ3v) is 4.01. The lowest BCUT2D eigenvalue weighted by molar-refractivity contribution is -0.384. The Balaban J connectivity index is 1.95. The average molecular weight is 326 g/mol. The highest BCUT2D eigenvalue weighted by atomic mass is 16.6. The number of pyridine rings is 1. The van der Waals surface area contributed by atoms with Crippen molar-refractivity contribution in [2.24, 2.45) is 0 Å². The van der Waals surface area contributed by atoms with Crippen molar-refractivity contribution in [3.05, 3.63) is 57.8 Å². The van der Waals surface area contributed by atoms with E-state index in [1.807, 2.05) is 13.0 Å². The molecule has 1 aromatic heterocycles. The third kappa shape index (κ3) is 3.34. The summed E-state index contributed by atoms with van der Waals surface area (Å²) in [5.74, 6) is 0.0394. The summed E-state index contributed by atoms with van der Waals surface area (Å²) in [6.45, 7) is 3.53. The number of nitrogens with zero attached hydrogens (tertiary/aromatic N) is 3. The summed E-state index contributed by atoms with van der Waals surface area (Å²) in [6, 6.07) is 9.75. The number of nitro benzene ring substituents is 1. The molecule has 1 aromatic carbocycles. The fraction of sp³-hybridized carbons (Fsp3) is 0.294. The number of nitrogens with one attached hydrogen (secondary N) is 1. The number of benzene rings is 1. The Hall–Kier alpha value is -2.96. The summed E-state index contributed by atoms with van der Waals surface area (Å²) in [5, 5.41) is 13.8. The van der Waals surface area contributed by atoms with Gasteiger partial charge in [-0.05, 0) is 38.0 Å². The number of carbonyl (C=O) groups excluding carboxylic acids is 1. The molecule has 1 amide bonds. The van der Waals surface area contributed by atoms with E-state index in [2.05, 4.69) is 15.2 Å². The Labute approximate surface area is 139 Å². The summed E-state index contributed by atoms with van der Waals surface area (Å²) >= 11 is 0. The molecule has 0 bridgehead atoms. The van der Waals surface area contributed by atoms with E-state index in [4.69, 9.17) is 0 Å². The Morgan fingerprint density at radius 2 is 2.00 bits per heavy atom. The van der Waals surface area contributed by atoms with Crippen LogP contribution in [0.5, 0.6) is 0 Å². The van der Waals surface area contributed by atoms with Gasteiger partial charge in [0.1, 0.15) is 5.82 Å². The topological polar surface area (TPSA) is 88.4 Å². The molecule has 1 saturated heterocycles.